The minimum atomic E-state index is 0.135. The summed E-state index contributed by atoms with van der Waals surface area (Å²) in [4.78, 5) is 18.4. The maximum Gasteiger partial charge on any atom is 0.253 e. The summed E-state index contributed by atoms with van der Waals surface area (Å²) >= 11 is 0. The van der Waals surface area contributed by atoms with Gasteiger partial charge in [0.2, 0.25) is 0 Å². The van der Waals surface area contributed by atoms with Crippen molar-refractivity contribution in [2.24, 2.45) is 0 Å². The maximum absolute atomic E-state index is 12.4. The molecule has 1 amide bonds. The highest BCUT2D eigenvalue weighted by molar-refractivity contribution is 5.94. The summed E-state index contributed by atoms with van der Waals surface area (Å²) in [7, 11) is 0. The molecule has 1 saturated heterocycles. The van der Waals surface area contributed by atoms with Crippen LogP contribution < -0.4 is 5.32 Å². The second kappa shape index (κ2) is 6.39. The van der Waals surface area contributed by atoms with E-state index in [1.807, 2.05) is 53.6 Å². The summed E-state index contributed by atoms with van der Waals surface area (Å²) < 4.78 is 0. The molecule has 4 nitrogen and oxygen atoms in total. The van der Waals surface area contributed by atoms with Crippen LogP contribution in [0.2, 0.25) is 0 Å². The lowest BCUT2D eigenvalue weighted by Crippen LogP contribution is -2.42. The number of likely N-dealkylation sites (tertiary alicyclic amines) is 1. The summed E-state index contributed by atoms with van der Waals surface area (Å²) in [5, 5.41) is 3.48. The van der Waals surface area contributed by atoms with E-state index in [9.17, 15) is 4.79 Å². The third-order valence-corrected chi connectivity index (χ3v) is 3.84. The van der Waals surface area contributed by atoms with E-state index in [4.69, 9.17) is 0 Å². The van der Waals surface area contributed by atoms with E-state index in [1.54, 1.807) is 6.20 Å². The van der Waals surface area contributed by atoms with Crippen molar-refractivity contribution in [1.29, 1.82) is 0 Å². The summed E-state index contributed by atoms with van der Waals surface area (Å²) in [6.07, 6.45) is 5.54. The number of benzene rings is 1. The molecule has 0 saturated carbocycles. The number of nitrogens with one attached hydrogen (secondary N) is 1. The van der Waals surface area contributed by atoms with Crippen molar-refractivity contribution in [2.45, 2.75) is 18.9 Å². The highest BCUT2D eigenvalue weighted by Crippen LogP contribution is 2.17. The first-order chi connectivity index (χ1) is 10.3. The van der Waals surface area contributed by atoms with Gasteiger partial charge in [0.1, 0.15) is 0 Å². The third-order valence-electron chi connectivity index (χ3n) is 3.84. The van der Waals surface area contributed by atoms with E-state index in [-0.39, 0.29) is 5.91 Å². The third kappa shape index (κ3) is 3.40. The number of nitrogens with zero attached hydrogens (tertiary/aromatic N) is 2. The number of carbonyl (C=O) groups is 1. The number of anilines is 1. The van der Waals surface area contributed by atoms with Gasteiger partial charge in [-0.3, -0.25) is 9.78 Å². The highest BCUT2D eigenvalue weighted by Gasteiger charge is 2.23. The molecule has 0 atom stereocenters. The first kappa shape index (κ1) is 13.6. The van der Waals surface area contributed by atoms with Crippen LogP contribution in [-0.4, -0.2) is 34.9 Å². The van der Waals surface area contributed by atoms with Gasteiger partial charge in [0.15, 0.2) is 0 Å². The fourth-order valence-corrected chi connectivity index (χ4v) is 2.67. The van der Waals surface area contributed by atoms with Crippen LogP contribution in [0.1, 0.15) is 23.2 Å². The zero-order valence-corrected chi connectivity index (χ0v) is 11.9. The van der Waals surface area contributed by atoms with Crippen LogP contribution in [0.4, 0.5) is 5.69 Å². The average Bonchev–Trinajstić information content (AvgIpc) is 2.57. The standard InChI is InChI=1S/C17H19N3O/c21-17(14-5-2-1-3-6-14)20-11-8-15(9-12-20)19-16-7-4-10-18-13-16/h1-7,10,13,15,19H,8-9,11-12H2. The van der Waals surface area contributed by atoms with Gasteiger partial charge in [-0.05, 0) is 37.1 Å². The Morgan fingerprint density at radius 2 is 1.86 bits per heavy atom. The molecule has 21 heavy (non-hydrogen) atoms. The summed E-state index contributed by atoms with van der Waals surface area (Å²) in [6, 6.07) is 13.9. The quantitative estimate of drug-likeness (QED) is 0.941. The first-order valence-corrected chi connectivity index (χ1v) is 7.34. The normalized spacial score (nSPS) is 15.7. The fraction of sp³-hybridized carbons (Fsp3) is 0.294. The van der Waals surface area contributed by atoms with Crippen LogP contribution in [0.15, 0.2) is 54.9 Å². The number of rotatable bonds is 3. The summed E-state index contributed by atoms with van der Waals surface area (Å²) in [5.74, 6) is 0.135. The van der Waals surface area contributed by atoms with Crippen molar-refractivity contribution in [3.8, 4) is 0 Å². The van der Waals surface area contributed by atoms with Crippen molar-refractivity contribution in [3.05, 3.63) is 60.4 Å². The van der Waals surface area contributed by atoms with Gasteiger partial charge in [-0.25, -0.2) is 0 Å². The molecular weight excluding hydrogens is 262 g/mol. The van der Waals surface area contributed by atoms with Crippen molar-refractivity contribution < 1.29 is 4.79 Å². The number of aromatic nitrogens is 1. The number of piperidine rings is 1. The lowest BCUT2D eigenvalue weighted by Gasteiger charge is -2.33. The average molecular weight is 281 g/mol. The zero-order chi connectivity index (χ0) is 14.5. The Morgan fingerprint density at radius 1 is 1.10 bits per heavy atom. The van der Waals surface area contributed by atoms with E-state index in [0.29, 0.717) is 6.04 Å². The molecule has 2 heterocycles. The number of pyridine rings is 1. The van der Waals surface area contributed by atoms with Crippen LogP contribution in [0.25, 0.3) is 0 Å². The Bertz CT molecular complexity index is 577. The van der Waals surface area contributed by atoms with E-state index in [0.717, 1.165) is 37.2 Å². The number of amides is 1. The lowest BCUT2D eigenvalue weighted by atomic mass is 10.0. The molecule has 3 rings (SSSR count). The Hall–Kier alpha value is -2.36. The fourth-order valence-electron chi connectivity index (χ4n) is 2.67. The first-order valence-electron chi connectivity index (χ1n) is 7.34. The molecule has 1 aromatic carbocycles. The van der Waals surface area contributed by atoms with Crippen molar-refractivity contribution in [3.63, 3.8) is 0 Å². The van der Waals surface area contributed by atoms with Gasteiger partial charge in [0.25, 0.3) is 5.91 Å². The summed E-state index contributed by atoms with van der Waals surface area (Å²) in [6.45, 7) is 1.59. The Labute approximate surface area is 124 Å². The Kier molecular flexibility index (Phi) is 4.15. The SMILES string of the molecule is O=C(c1ccccc1)N1CCC(Nc2cccnc2)CC1. The molecule has 1 aliphatic rings. The van der Waals surface area contributed by atoms with Crippen molar-refractivity contribution in [2.75, 3.05) is 18.4 Å². The van der Waals surface area contributed by atoms with Gasteiger partial charge < -0.3 is 10.2 Å². The van der Waals surface area contributed by atoms with Crippen LogP contribution in [0.5, 0.6) is 0 Å². The Balaban J connectivity index is 1.54. The molecule has 1 aromatic heterocycles. The minimum Gasteiger partial charge on any atom is -0.381 e. The number of hydrogen-bond acceptors (Lipinski definition) is 3. The largest absolute Gasteiger partial charge is 0.381 e. The molecule has 0 bridgehead atoms. The second-order valence-corrected chi connectivity index (χ2v) is 5.32. The van der Waals surface area contributed by atoms with Crippen LogP contribution >= 0.6 is 0 Å². The number of carbonyl (C=O) groups excluding carboxylic acids is 1. The molecule has 0 radical (unpaired) electrons. The molecule has 1 N–H and O–H groups in total. The predicted octanol–water partition coefficient (Wildman–Crippen LogP) is 2.80. The van der Waals surface area contributed by atoms with Crippen molar-refractivity contribution >= 4 is 11.6 Å². The molecule has 0 spiro atoms. The van der Waals surface area contributed by atoms with E-state index < -0.39 is 0 Å². The molecular formula is C17H19N3O. The molecule has 0 aliphatic carbocycles. The van der Waals surface area contributed by atoms with Crippen LogP contribution in [0.3, 0.4) is 0 Å². The van der Waals surface area contributed by atoms with Gasteiger partial charge in [-0.2, -0.15) is 0 Å². The lowest BCUT2D eigenvalue weighted by molar-refractivity contribution is 0.0718. The highest BCUT2D eigenvalue weighted by atomic mass is 16.2. The van der Waals surface area contributed by atoms with E-state index in [1.165, 1.54) is 0 Å². The number of hydrogen-bond donors (Lipinski definition) is 1. The van der Waals surface area contributed by atoms with Gasteiger partial charge in [0.05, 0.1) is 5.69 Å². The Morgan fingerprint density at radius 3 is 2.52 bits per heavy atom. The van der Waals surface area contributed by atoms with Crippen LogP contribution in [-0.2, 0) is 0 Å². The van der Waals surface area contributed by atoms with Gasteiger partial charge >= 0.3 is 0 Å². The van der Waals surface area contributed by atoms with Gasteiger partial charge in [-0.15, -0.1) is 0 Å². The molecule has 0 unspecified atom stereocenters. The maximum atomic E-state index is 12.4. The van der Waals surface area contributed by atoms with Gasteiger partial charge in [0, 0.05) is 37.1 Å². The molecule has 2 aromatic rings. The molecule has 1 aliphatic heterocycles. The van der Waals surface area contributed by atoms with E-state index >= 15 is 0 Å². The van der Waals surface area contributed by atoms with Crippen molar-refractivity contribution in [1.82, 2.24) is 9.88 Å². The zero-order valence-electron chi connectivity index (χ0n) is 11.9. The smallest absolute Gasteiger partial charge is 0.253 e. The second-order valence-electron chi connectivity index (χ2n) is 5.32. The minimum absolute atomic E-state index is 0.135. The topological polar surface area (TPSA) is 45.2 Å². The predicted molar refractivity (Wildman–Crippen MR) is 83.2 cm³/mol. The monoisotopic (exact) mass is 281 g/mol. The van der Waals surface area contributed by atoms with Gasteiger partial charge in [-0.1, -0.05) is 18.2 Å². The molecule has 4 heteroatoms. The van der Waals surface area contributed by atoms with E-state index in [2.05, 4.69) is 10.3 Å². The van der Waals surface area contributed by atoms with Crippen LogP contribution in [0, 0.1) is 0 Å². The molecule has 108 valence electrons. The molecule has 1 fully saturated rings. The summed E-state index contributed by atoms with van der Waals surface area (Å²) in [5.41, 5.74) is 1.82.